The molecule has 138 valence electrons. The first-order valence-electron chi connectivity index (χ1n) is 8.30. The van der Waals surface area contributed by atoms with Gasteiger partial charge in [0.15, 0.2) is 0 Å². The Morgan fingerprint density at radius 1 is 1.27 bits per heavy atom. The van der Waals surface area contributed by atoms with Crippen LogP contribution in [0.2, 0.25) is 0 Å². The predicted octanol–water partition coefficient (Wildman–Crippen LogP) is 4.11. The molecule has 0 amide bonds. The monoisotopic (exact) mass is 358 g/mol. The number of nitrogens with zero attached hydrogens (tertiary/aromatic N) is 2. The average molecular weight is 358 g/mol. The van der Waals surface area contributed by atoms with E-state index in [0.717, 1.165) is 6.54 Å². The van der Waals surface area contributed by atoms with Crippen molar-refractivity contribution in [2.24, 2.45) is 4.99 Å². The second-order valence-corrected chi connectivity index (χ2v) is 5.78. The van der Waals surface area contributed by atoms with Gasteiger partial charge in [0.05, 0.1) is 19.0 Å². The first kappa shape index (κ1) is 19.4. The van der Waals surface area contributed by atoms with Gasteiger partial charge < -0.3 is 14.4 Å². The molecule has 6 heteroatoms. The summed E-state index contributed by atoms with van der Waals surface area (Å²) in [6.45, 7) is 4.48. The van der Waals surface area contributed by atoms with Gasteiger partial charge in [0.2, 0.25) is 0 Å². The van der Waals surface area contributed by atoms with Crippen LogP contribution in [-0.2, 0) is 11.3 Å². The summed E-state index contributed by atoms with van der Waals surface area (Å²) in [5.41, 5.74) is 1.94. The van der Waals surface area contributed by atoms with Crippen LogP contribution in [0.4, 0.5) is 10.1 Å². The first-order chi connectivity index (χ1) is 12.5. The zero-order valence-corrected chi connectivity index (χ0v) is 15.5. The average Bonchev–Trinajstić information content (AvgIpc) is 2.65. The number of carbonyl (C=O) groups is 1. The topological polar surface area (TPSA) is 51.1 Å². The Kier molecular flexibility index (Phi) is 6.72. The lowest BCUT2D eigenvalue weighted by Gasteiger charge is -2.14. The van der Waals surface area contributed by atoms with Gasteiger partial charge in [-0.25, -0.2) is 14.2 Å². The van der Waals surface area contributed by atoms with E-state index in [1.165, 1.54) is 13.2 Å². The Morgan fingerprint density at radius 3 is 2.65 bits per heavy atom. The molecular formula is C20H23FN2O3. The fraction of sp³-hybridized carbons (Fsp3) is 0.300. The number of methoxy groups -OCH3 is 1. The van der Waals surface area contributed by atoms with Gasteiger partial charge in [-0.1, -0.05) is 18.2 Å². The van der Waals surface area contributed by atoms with Gasteiger partial charge in [-0.15, -0.1) is 0 Å². The number of hydrogen-bond donors (Lipinski definition) is 0. The van der Waals surface area contributed by atoms with Gasteiger partial charge >= 0.3 is 5.97 Å². The standard InChI is InChI=1S/C20H23FN2O3/c1-5-23(3)13-22-18-11-10-16(14(2)19(18)25-4)20(24)26-12-15-8-6-7-9-17(15)21/h6-11,13H,5,12H2,1-4H3. The van der Waals surface area contributed by atoms with Gasteiger partial charge in [-0.3, -0.25) is 0 Å². The maximum atomic E-state index is 13.6. The quantitative estimate of drug-likeness (QED) is 0.425. The number of ether oxygens (including phenoxy) is 2. The van der Waals surface area contributed by atoms with E-state index in [1.54, 1.807) is 43.6 Å². The molecule has 0 fully saturated rings. The predicted molar refractivity (Wildman–Crippen MR) is 99.7 cm³/mol. The zero-order valence-electron chi connectivity index (χ0n) is 15.5. The van der Waals surface area contributed by atoms with Crippen LogP contribution < -0.4 is 4.74 Å². The molecule has 0 N–H and O–H groups in total. The van der Waals surface area contributed by atoms with Crippen molar-refractivity contribution < 1.29 is 18.7 Å². The molecule has 0 saturated carbocycles. The van der Waals surface area contributed by atoms with Crippen molar-refractivity contribution in [3.63, 3.8) is 0 Å². The Balaban J connectivity index is 2.20. The van der Waals surface area contributed by atoms with Crippen LogP contribution in [0.5, 0.6) is 5.75 Å². The van der Waals surface area contributed by atoms with E-state index >= 15 is 0 Å². The van der Waals surface area contributed by atoms with Crippen molar-refractivity contribution in [1.29, 1.82) is 0 Å². The summed E-state index contributed by atoms with van der Waals surface area (Å²) in [5, 5.41) is 0. The molecule has 0 aliphatic carbocycles. The molecule has 0 saturated heterocycles. The molecule has 0 aliphatic heterocycles. The lowest BCUT2D eigenvalue weighted by atomic mass is 10.1. The van der Waals surface area contributed by atoms with Crippen LogP contribution in [0.25, 0.3) is 0 Å². The Labute approximate surface area is 153 Å². The van der Waals surface area contributed by atoms with Crippen molar-refractivity contribution >= 4 is 18.0 Å². The highest BCUT2D eigenvalue weighted by Crippen LogP contribution is 2.33. The van der Waals surface area contributed by atoms with Crippen molar-refractivity contribution in [3.05, 3.63) is 58.9 Å². The second kappa shape index (κ2) is 8.99. The summed E-state index contributed by atoms with van der Waals surface area (Å²) in [6, 6.07) is 9.53. The Hall–Kier alpha value is -2.89. The molecule has 5 nitrogen and oxygen atoms in total. The number of hydrogen-bond acceptors (Lipinski definition) is 4. The maximum absolute atomic E-state index is 13.6. The van der Waals surface area contributed by atoms with Gasteiger partial charge in [-0.05, 0) is 32.0 Å². The van der Waals surface area contributed by atoms with Crippen molar-refractivity contribution in [2.75, 3.05) is 20.7 Å². The van der Waals surface area contributed by atoms with Crippen LogP contribution in [0.1, 0.15) is 28.4 Å². The van der Waals surface area contributed by atoms with E-state index in [1.807, 2.05) is 18.9 Å². The third-order valence-corrected chi connectivity index (χ3v) is 4.02. The van der Waals surface area contributed by atoms with E-state index in [-0.39, 0.29) is 6.61 Å². The summed E-state index contributed by atoms with van der Waals surface area (Å²) in [6.07, 6.45) is 1.70. The van der Waals surface area contributed by atoms with Crippen LogP contribution >= 0.6 is 0 Å². The smallest absolute Gasteiger partial charge is 0.338 e. The SMILES string of the molecule is CCN(C)C=Nc1ccc(C(=O)OCc2ccccc2F)c(C)c1OC. The molecule has 0 radical (unpaired) electrons. The second-order valence-electron chi connectivity index (χ2n) is 5.78. The van der Waals surface area contributed by atoms with Crippen LogP contribution in [0.15, 0.2) is 41.4 Å². The molecule has 2 aromatic carbocycles. The van der Waals surface area contributed by atoms with E-state index in [0.29, 0.717) is 28.1 Å². The number of halogens is 1. The van der Waals surface area contributed by atoms with Gasteiger partial charge in [0.1, 0.15) is 23.9 Å². The highest BCUT2D eigenvalue weighted by atomic mass is 19.1. The van der Waals surface area contributed by atoms with Crippen LogP contribution in [0.3, 0.4) is 0 Å². The van der Waals surface area contributed by atoms with E-state index < -0.39 is 11.8 Å². The number of rotatable bonds is 7. The van der Waals surface area contributed by atoms with E-state index in [4.69, 9.17) is 9.47 Å². The molecule has 0 spiro atoms. The fourth-order valence-corrected chi connectivity index (χ4v) is 2.34. The Bertz CT molecular complexity index is 806. The lowest BCUT2D eigenvalue weighted by molar-refractivity contribution is 0.0467. The van der Waals surface area contributed by atoms with Crippen LogP contribution in [-0.4, -0.2) is 37.9 Å². The summed E-state index contributed by atoms with van der Waals surface area (Å²) in [4.78, 5) is 18.7. The molecule has 2 aromatic rings. The van der Waals surface area contributed by atoms with E-state index in [2.05, 4.69) is 4.99 Å². The minimum atomic E-state index is -0.537. The zero-order chi connectivity index (χ0) is 19.1. The van der Waals surface area contributed by atoms with Crippen LogP contribution in [0, 0.1) is 12.7 Å². The minimum absolute atomic E-state index is 0.130. The highest BCUT2D eigenvalue weighted by Gasteiger charge is 2.17. The molecule has 26 heavy (non-hydrogen) atoms. The Morgan fingerprint density at radius 2 is 2.00 bits per heavy atom. The highest BCUT2D eigenvalue weighted by molar-refractivity contribution is 5.93. The molecule has 0 unspecified atom stereocenters. The van der Waals surface area contributed by atoms with E-state index in [9.17, 15) is 9.18 Å². The van der Waals surface area contributed by atoms with Gasteiger partial charge in [0, 0.05) is 24.7 Å². The summed E-state index contributed by atoms with van der Waals surface area (Å²) in [5.74, 6) is -0.435. The largest absolute Gasteiger partial charge is 0.494 e. The normalized spacial score (nSPS) is 10.8. The minimum Gasteiger partial charge on any atom is -0.494 e. The summed E-state index contributed by atoms with van der Waals surface area (Å²) < 4.78 is 24.3. The first-order valence-corrected chi connectivity index (χ1v) is 8.30. The third-order valence-electron chi connectivity index (χ3n) is 4.02. The lowest BCUT2D eigenvalue weighted by Crippen LogP contribution is -2.14. The molecule has 2 rings (SSSR count). The molecule has 0 aliphatic rings. The van der Waals surface area contributed by atoms with Crippen molar-refractivity contribution in [3.8, 4) is 5.75 Å². The van der Waals surface area contributed by atoms with Gasteiger partial charge in [0.25, 0.3) is 0 Å². The fourth-order valence-electron chi connectivity index (χ4n) is 2.34. The molecule has 0 heterocycles. The molecule has 0 bridgehead atoms. The van der Waals surface area contributed by atoms with Crippen molar-refractivity contribution in [2.45, 2.75) is 20.5 Å². The molecule has 0 atom stereocenters. The number of aliphatic imine (C=N–C) groups is 1. The van der Waals surface area contributed by atoms with Crippen molar-refractivity contribution in [1.82, 2.24) is 4.90 Å². The maximum Gasteiger partial charge on any atom is 0.338 e. The summed E-state index contributed by atoms with van der Waals surface area (Å²) >= 11 is 0. The molecule has 0 aromatic heterocycles. The summed E-state index contributed by atoms with van der Waals surface area (Å²) in [7, 11) is 3.44. The number of carbonyl (C=O) groups excluding carboxylic acids is 1. The number of esters is 1. The van der Waals surface area contributed by atoms with Gasteiger partial charge in [-0.2, -0.15) is 0 Å². The molecular weight excluding hydrogens is 335 g/mol. The number of benzene rings is 2. The third kappa shape index (κ3) is 4.59.